The van der Waals surface area contributed by atoms with E-state index in [1.165, 1.54) is 10.4 Å². The number of rotatable bonds is 6. The highest BCUT2D eigenvalue weighted by Crippen LogP contribution is 2.30. The van der Waals surface area contributed by atoms with Gasteiger partial charge in [-0.25, -0.2) is 8.42 Å². The average Bonchev–Trinajstić information content (AvgIpc) is 3.30. The van der Waals surface area contributed by atoms with Crippen LogP contribution in [0.25, 0.3) is 0 Å². The molecular weight excluding hydrogens is 458 g/mol. The van der Waals surface area contributed by atoms with E-state index in [1.807, 2.05) is 24.3 Å². The molecule has 0 saturated heterocycles. The first-order valence-corrected chi connectivity index (χ1v) is 12.9. The molecule has 7 nitrogen and oxygen atoms in total. The first kappa shape index (κ1) is 23.2. The van der Waals surface area contributed by atoms with Crippen LogP contribution in [0.15, 0.2) is 64.9 Å². The molecule has 2 aromatic carbocycles. The molecule has 172 valence electrons. The van der Waals surface area contributed by atoms with Crippen LogP contribution in [0.5, 0.6) is 0 Å². The number of hydrogen-bond donors (Lipinski definition) is 2. The highest BCUT2D eigenvalue weighted by molar-refractivity contribution is 7.89. The van der Waals surface area contributed by atoms with Crippen LogP contribution in [-0.4, -0.2) is 31.1 Å². The van der Waals surface area contributed by atoms with E-state index in [9.17, 15) is 18.0 Å². The molecule has 4 rings (SSSR count). The molecule has 2 N–H and O–H groups in total. The van der Waals surface area contributed by atoms with Crippen molar-refractivity contribution in [3.63, 3.8) is 0 Å². The van der Waals surface area contributed by atoms with Crippen molar-refractivity contribution >= 4 is 44.5 Å². The minimum atomic E-state index is -3.84. The Morgan fingerprint density at radius 2 is 1.67 bits per heavy atom. The van der Waals surface area contributed by atoms with Crippen molar-refractivity contribution in [1.82, 2.24) is 4.31 Å². The molecule has 2 amide bonds. The number of amides is 2. The van der Waals surface area contributed by atoms with Crippen LogP contribution in [0.1, 0.15) is 34.6 Å². The van der Waals surface area contributed by atoms with E-state index >= 15 is 0 Å². The molecule has 1 aliphatic rings. The fourth-order valence-corrected chi connectivity index (χ4v) is 6.34. The molecule has 33 heavy (non-hydrogen) atoms. The minimum Gasteiger partial charge on any atom is -0.326 e. The summed E-state index contributed by atoms with van der Waals surface area (Å²) in [6.45, 7) is 4.24. The van der Waals surface area contributed by atoms with E-state index in [2.05, 4.69) is 10.6 Å². The standard InChI is InChI=1S/C24H25N3O4S2/c1-16(2)23(28)25-19-8-5-9-20(14-19)26-24(29)22-21(11-13-32-22)33(30,31)27-12-10-17-6-3-4-7-18(17)15-27/h3-9,11,13-14,16H,10,12,15H2,1-2H3,(H,25,28)(H,26,29). The molecule has 0 saturated carbocycles. The lowest BCUT2D eigenvalue weighted by Gasteiger charge is -2.28. The molecule has 0 spiro atoms. The Bertz CT molecular complexity index is 1300. The third kappa shape index (κ3) is 5.00. The van der Waals surface area contributed by atoms with E-state index in [1.54, 1.807) is 43.5 Å². The van der Waals surface area contributed by atoms with Gasteiger partial charge < -0.3 is 10.6 Å². The number of nitrogens with zero attached hydrogens (tertiary/aromatic N) is 1. The Hall–Kier alpha value is -3.01. The molecular formula is C24H25N3O4S2. The Labute approximate surface area is 197 Å². The number of hydrogen-bond acceptors (Lipinski definition) is 5. The molecule has 1 aliphatic heterocycles. The smallest absolute Gasteiger partial charge is 0.267 e. The van der Waals surface area contributed by atoms with Crippen LogP contribution >= 0.6 is 11.3 Å². The maximum absolute atomic E-state index is 13.4. The minimum absolute atomic E-state index is 0.00801. The number of fused-ring (bicyclic) bond motifs is 1. The van der Waals surface area contributed by atoms with E-state index in [4.69, 9.17) is 0 Å². The van der Waals surface area contributed by atoms with Gasteiger partial charge in [-0.3, -0.25) is 9.59 Å². The number of carbonyl (C=O) groups excluding carboxylic acids is 2. The number of nitrogens with one attached hydrogen (secondary N) is 2. The molecule has 0 radical (unpaired) electrons. The summed E-state index contributed by atoms with van der Waals surface area (Å²) < 4.78 is 28.2. The van der Waals surface area contributed by atoms with Crippen molar-refractivity contribution in [2.24, 2.45) is 5.92 Å². The SMILES string of the molecule is CC(C)C(=O)Nc1cccc(NC(=O)c2sccc2S(=O)(=O)N2CCc3ccccc3C2)c1. The molecule has 0 aliphatic carbocycles. The summed E-state index contributed by atoms with van der Waals surface area (Å²) in [4.78, 5) is 25.1. The molecule has 0 unspecified atom stereocenters. The Balaban J connectivity index is 1.53. The van der Waals surface area contributed by atoms with E-state index in [-0.39, 0.29) is 28.1 Å². The lowest BCUT2D eigenvalue weighted by atomic mass is 10.0. The van der Waals surface area contributed by atoms with Crippen molar-refractivity contribution in [2.45, 2.75) is 31.7 Å². The van der Waals surface area contributed by atoms with E-state index in [0.717, 1.165) is 22.5 Å². The highest BCUT2D eigenvalue weighted by Gasteiger charge is 2.32. The second kappa shape index (κ2) is 9.46. The van der Waals surface area contributed by atoms with Crippen molar-refractivity contribution in [2.75, 3.05) is 17.2 Å². The number of carbonyl (C=O) groups is 2. The predicted molar refractivity (Wildman–Crippen MR) is 130 cm³/mol. The van der Waals surface area contributed by atoms with Gasteiger partial charge in [0, 0.05) is 30.4 Å². The van der Waals surface area contributed by atoms with Crippen LogP contribution in [0.2, 0.25) is 0 Å². The van der Waals surface area contributed by atoms with Crippen molar-refractivity contribution in [1.29, 1.82) is 0 Å². The Kier molecular flexibility index (Phi) is 6.64. The van der Waals surface area contributed by atoms with Gasteiger partial charge in [0.05, 0.1) is 0 Å². The zero-order valence-electron chi connectivity index (χ0n) is 18.4. The summed E-state index contributed by atoms with van der Waals surface area (Å²) in [6, 6.07) is 16.0. The third-order valence-corrected chi connectivity index (χ3v) is 8.39. The average molecular weight is 484 g/mol. The van der Waals surface area contributed by atoms with Gasteiger partial charge in [0.15, 0.2) is 0 Å². The van der Waals surface area contributed by atoms with Gasteiger partial charge in [-0.15, -0.1) is 11.3 Å². The zero-order valence-corrected chi connectivity index (χ0v) is 20.0. The summed E-state index contributed by atoms with van der Waals surface area (Å²) in [5.41, 5.74) is 3.15. The number of sulfonamides is 1. The molecule has 1 aromatic heterocycles. The monoisotopic (exact) mass is 483 g/mol. The van der Waals surface area contributed by atoms with Gasteiger partial charge in [-0.05, 0) is 47.2 Å². The predicted octanol–water partition coefficient (Wildman–Crippen LogP) is 4.34. The topological polar surface area (TPSA) is 95.6 Å². The summed E-state index contributed by atoms with van der Waals surface area (Å²) in [7, 11) is -3.84. The molecule has 0 fully saturated rings. The van der Waals surface area contributed by atoms with Gasteiger partial charge in [-0.2, -0.15) is 4.31 Å². The second-order valence-electron chi connectivity index (χ2n) is 8.15. The first-order chi connectivity index (χ1) is 15.8. The molecule has 3 aromatic rings. The first-order valence-electron chi connectivity index (χ1n) is 10.6. The fraction of sp³-hybridized carbons (Fsp3) is 0.250. The molecule has 0 bridgehead atoms. The quantitative estimate of drug-likeness (QED) is 0.545. The Morgan fingerprint density at radius 3 is 2.39 bits per heavy atom. The Morgan fingerprint density at radius 1 is 0.970 bits per heavy atom. The van der Waals surface area contributed by atoms with Crippen LogP contribution in [-0.2, 0) is 27.8 Å². The van der Waals surface area contributed by atoms with E-state index in [0.29, 0.717) is 24.3 Å². The summed E-state index contributed by atoms with van der Waals surface area (Å²) in [5.74, 6) is -0.814. The van der Waals surface area contributed by atoms with Crippen LogP contribution in [0.3, 0.4) is 0 Å². The van der Waals surface area contributed by atoms with Gasteiger partial charge in [0.25, 0.3) is 5.91 Å². The number of benzene rings is 2. The maximum Gasteiger partial charge on any atom is 0.267 e. The molecule has 2 heterocycles. The largest absolute Gasteiger partial charge is 0.326 e. The summed E-state index contributed by atoms with van der Waals surface area (Å²) in [6.07, 6.45) is 0.635. The fourth-order valence-electron chi connectivity index (χ4n) is 3.63. The van der Waals surface area contributed by atoms with Crippen LogP contribution < -0.4 is 10.6 Å². The lowest BCUT2D eigenvalue weighted by molar-refractivity contribution is -0.118. The summed E-state index contributed by atoms with van der Waals surface area (Å²) in [5, 5.41) is 7.15. The summed E-state index contributed by atoms with van der Waals surface area (Å²) >= 11 is 1.08. The van der Waals surface area contributed by atoms with Crippen LogP contribution in [0, 0.1) is 5.92 Å². The molecule has 9 heteroatoms. The highest BCUT2D eigenvalue weighted by atomic mass is 32.2. The van der Waals surface area contributed by atoms with Crippen molar-refractivity contribution < 1.29 is 18.0 Å². The zero-order chi connectivity index (χ0) is 23.6. The third-order valence-electron chi connectivity index (χ3n) is 5.46. The van der Waals surface area contributed by atoms with Gasteiger partial charge in [0.1, 0.15) is 9.77 Å². The van der Waals surface area contributed by atoms with Crippen LogP contribution in [0.4, 0.5) is 11.4 Å². The maximum atomic E-state index is 13.4. The van der Waals surface area contributed by atoms with Gasteiger partial charge in [-0.1, -0.05) is 44.2 Å². The second-order valence-corrected chi connectivity index (χ2v) is 11.0. The van der Waals surface area contributed by atoms with Gasteiger partial charge in [0.2, 0.25) is 15.9 Å². The van der Waals surface area contributed by atoms with Crippen molar-refractivity contribution in [3.8, 4) is 0 Å². The lowest BCUT2D eigenvalue weighted by Crippen LogP contribution is -2.36. The van der Waals surface area contributed by atoms with E-state index < -0.39 is 15.9 Å². The van der Waals surface area contributed by atoms with Gasteiger partial charge >= 0.3 is 0 Å². The number of thiophene rings is 1. The van der Waals surface area contributed by atoms with Crippen molar-refractivity contribution in [3.05, 3.63) is 76.0 Å². The normalized spacial score (nSPS) is 14.0. The molecule has 0 atom stereocenters. The number of anilines is 2.